The number of imidazole rings is 1. The molecule has 1 aliphatic heterocycles. The van der Waals surface area contributed by atoms with Gasteiger partial charge in [0.25, 0.3) is 5.56 Å². The molecule has 1 aliphatic rings. The summed E-state index contributed by atoms with van der Waals surface area (Å²) < 4.78 is 10.6. The zero-order valence-electron chi connectivity index (χ0n) is 19.1. The molecule has 0 saturated carbocycles. The molecule has 0 N–H and O–H groups in total. The summed E-state index contributed by atoms with van der Waals surface area (Å²) in [6.07, 6.45) is 0.769. The summed E-state index contributed by atoms with van der Waals surface area (Å²) in [7, 11) is 1.68. The van der Waals surface area contributed by atoms with Crippen LogP contribution in [0.25, 0.3) is 11.2 Å². The van der Waals surface area contributed by atoms with Gasteiger partial charge in [0.05, 0.1) is 0 Å². The number of anilines is 2. The van der Waals surface area contributed by atoms with Crippen LogP contribution in [-0.4, -0.2) is 25.2 Å². The van der Waals surface area contributed by atoms with Crippen LogP contribution in [0.15, 0.2) is 64.2 Å². The lowest BCUT2D eigenvalue weighted by Crippen LogP contribution is -2.40. The van der Waals surface area contributed by atoms with Crippen molar-refractivity contribution in [3.8, 4) is 11.5 Å². The molecule has 33 heavy (non-hydrogen) atoms. The Morgan fingerprint density at radius 1 is 0.970 bits per heavy atom. The fraction of sp³-hybridized carbons (Fsp3) is 0.320. The normalized spacial score (nSPS) is 13.2. The van der Waals surface area contributed by atoms with Crippen molar-refractivity contribution in [2.45, 2.75) is 33.4 Å². The summed E-state index contributed by atoms with van der Waals surface area (Å²) in [5.74, 6) is 2.60. The maximum atomic E-state index is 13.3. The van der Waals surface area contributed by atoms with Crippen LogP contribution in [0.5, 0.6) is 11.5 Å². The van der Waals surface area contributed by atoms with Crippen LogP contribution in [0.1, 0.15) is 20.3 Å². The van der Waals surface area contributed by atoms with Gasteiger partial charge < -0.3 is 14.2 Å². The molecule has 0 bridgehead atoms. The molecule has 4 aromatic rings. The predicted molar refractivity (Wildman–Crippen MR) is 129 cm³/mol. The van der Waals surface area contributed by atoms with Crippen molar-refractivity contribution in [2.24, 2.45) is 13.0 Å². The highest BCUT2D eigenvalue weighted by Gasteiger charge is 2.28. The Balaban J connectivity index is 1.49. The third-order valence-electron chi connectivity index (χ3n) is 6.06. The smallest absolute Gasteiger partial charge is 0.332 e. The van der Waals surface area contributed by atoms with Crippen molar-refractivity contribution in [1.82, 2.24) is 18.7 Å². The van der Waals surface area contributed by atoms with E-state index in [4.69, 9.17) is 9.72 Å². The van der Waals surface area contributed by atoms with Crippen LogP contribution >= 0.6 is 0 Å². The molecule has 0 fully saturated rings. The topological polar surface area (TPSA) is 74.3 Å². The van der Waals surface area contributed by atoms with E-state index in [-0.39, 0.29) is 11.2 Å². The van der Waals surface area contributed by atoms with Gasteiger partial charge in [-0.2, -0.15) is 4.98 Å². The molecule has 2 aromatic carbocycles. The highest BCUT2D eigenvalue weighted by atomic mass is 16.5. The van der Waals surface area contributed by atoms with Crippen molar-refractivity contribution < 1.29 is 4.74 Å². The molecule has 0 radical (unpaired) electrons. The van der Waals surface area contributed by atoms with E-state index in [9.17, 15) is 9.59 Å². The molecule has 170 valence electrons. The Kier molecular flexibility index (Phi) is 5.28. The molecular weight excluding hydrogens is 418 g/mol. The highest BCUT2D eigenvalue weighted by molar-refractivity contribution is 5.77. The Morgan fingerprint density at radius 3 is 2.36 bits per heavy atom. The molecule has 0 unspecified atom stereocenters. The number of aryl methyl sites for hydroxylation is 1. The van der Waals surface area contributed by atoms with Gasteiger partial charge in [-0.05, 0) is 48.7 Å². The number of benzene rings is 2. The number of nitrogens with zero attached hydrogens (tertiary/aromatic N) is 5. The van der Waals surface area contributed by atoms with Gasteiger partial charge in [-0.15, -0.1) is 0 Å². The minimum atomic E-state index is -0.320. The maximum absolute atomic E-state index is 13.3. The first-order chi connectivity index (χ1) is 15.9. The molecular formula is C25H27N5O3. The summed E-state index contributed by atoms with van der Waals surface area (Å²) >= 11 is 0. The first-order valence-corrected chi connectivity index (χ1v) is 11.2. The zero-order chi connectivity index (χ0) is 23.1. The third-order valence-corrected chi connectivity index (χ3v) is 6.06. The van der Waals surface area contributed by atoms with Gasteiger partial charge in [-0.1, -0.05) is 32.0 Å². The van der Waals surface area contributed by atoms with Crippen LogP contribution < -0.4 is 20.9 Å². The second-order valence-electron chi connectivity index (χ2n) is 8.78. The second kappa shape index (κ2) is 8.27. The van der Waals surface area contributed by atoms with E-state index in [1.165, 1.54) is 9.13 Å². The van der Waals surface area contributed by atoms with Crippen LogP contribution in [-0.2, 0) is 20.1 Å². The second-order valence-corrected chi connectivity index (χ2v) is 8.78. The quantitative estimate of drug-likeness (QED) is 0.450. The number of hydrogen-bond donors (Lipinski definition) is 0. The largest absolute Gasteiger partial charge is 0.457 e. The zero-order valence-corrected chi connectivity index (χ0v) is 19.1. The van der Waals surface area contributed by atoms with Crippen molar-refractivity contribution in [2.75, 3.05) is 11.4 Å². The minimum Gasteiger partial charge on any atom is -0.457 e. The SMILES string of the molecule is CC(C)CCn1c(=O)c2c(nc3n2CCN3c2ccc(Oc3ccccc3)cc2)n(C)c1=O. The summed E-state index contributed by atoms with van der Waals surface area (Å²) in [5, 5.41) is 0. The number of fused-ring (bicyclic) bond motifs is 3. The first-order valence-electron chi connectivity index (χ1n) is 11.2. The van der Waals surface area contributed by atoms with E-state index in [1.807, 2.05) is 59.2 Å². The van der Waals surface area contributed by atoms with Crippen LogP contribution in [0.2, 0.25) is 0 Å². The molecule has 8 nitrogen and oxygen atoms in total. The maximum Gasteiger partial charge on any atom is 0.332 e. The van der Waals surface area contributed by atoms with E-state index < -0.39 is 0 Å². The van der Waals surface area contributed by atoms with Crippen molar-refractivity contribution >= 4 is 22.8 Å². The number of rotatable bonds is 6. The fourth-order valence-electron chi connectivity index (χ4n) is 4.23. The summed E-state index contributed by atoms with van der Waals surface area (Å²) in [6, 6.07) is 17.4. The van der Waals surface area contributed by atoms with Gasteiger partial charge in [0.15, 0.2) is 11.2 Å². The highest BCUT2D eigenvalue weighted by Crippen LogP contribution is 2.33. The number of aromatic nitrogens is 4. The van der Waals surface area contributed by atoms with Crippen molar-refractivity contribution in [3.63, 3.8) is 0 Å². The van der Waals surface area contributed by atoms with Gasteiger partial charge in [0, 0.05) is 32.4 Å². The molecule has 0 aliphatic carbocycles. The van der Waals surface area contributed by atoms with Gasteiger partial charge in [0.1, 0.15) is 11.5 Å². The predicted octanol–water partition coefficient (Wildman–Crippen LogP) is 3.89. The van der Waals surface area contributed by atoms with Crippen LogP contribution in [0.4, 0.5) is 11.6 Å². The van der Waals surface area contributed by atoms with Gasteiger partial charge in [-0.25, -0.2) is 4.79 Å². The average molecular weight is 446 g/mol. The fourth-order valence-corrected chi connectivity index (χ4v) is 4.23. The summed E-state index contributed by atoms with van der Waals surface area (Å²) in [6.45, 7) is 5.90. The van der Waals surface area contributed by atoms with Gasteiger partial charge >= 0.3 is 5.69 Å². The first kappa shape index (κ1) is 21.1. The van der Waals surface area contributed by atoms with E-state index in [2.05, 4.69) is 18.7 Å². The van der Waals surface area contributed by atoms with Crippen molar-refractivity contribution in [3.05, 3.63) is 75.4 Å². The molecule has 0 amide bonds. The molecule has 0 atom stereocenters. The number of para-hydroxylation sites is 1. The van der Waals surface area contributed by atoms with Crippen LogP contribution in [0.3, 0.4) is 0 Å². The lowest BCUT2D eigenvalue weighted by Gasteiger charge is -2.16. The third kappa shape index (κ3) is 3.71. The molecule has 5 rings (SSSR count). The van der Waals surface area contributed by atoms with Crippen LogP contribution in [0, 0.1) is 5.92 Å². The lowest BCUT2D eigenvalue weighted by atomic mass is 10.1. The van der Waals surface area contributed by atoms with Gasteiger partial charge in [0.2, 0.25) is 5.95 Å². The molecule has 3 heterocycles. The molecule has 0 spiro atoms. The standard InChI is InChI=1S/C25H27N5O3/c1-17(2)13-14-30-23(31)21-22(27(3)25(30)32)26-24-28(15-16-29(21)24)18-9-11-20(12-10-18)33-19-7-5-4-6-8-19/h4-12,17H,13-16H2,1-3H3. The average Bonchev–Trinajstić information content (AvgIpc) is 3.38. The Morgan fingerprint density at radius 2 is 1.67 bits per heavy atom. The minimum absolute atomic E-state index is 0.263. The Hall–Kier alpha value is -3.81. The number of ether oxygens (including phenoxy) is 1. The molecule has 2 aromatic heterocycles. The van der Waals surface area contributed by atoms with E-state index in [1.54, 1.807) is 7.05 Å². The Labute approximate surface area is 191 Å². The van der Waals surface area contributed by atoms with Crippen molar-refractivity contribution in [1.29, 1.82) is 0 Å². The Bertz CT molecular complexity index is 1420. The monoisotopic (exact) mass is 445 g/mol. The van der Waals surface area contributed by atoms with E-state index >= 15 is 0 Å². The summed E-state index contributed by atoms with van der Waals surface area (Å²) in [5.41, 5.74) is 1.28. The molecule has 0 saturated heterocycles. The van der Waals surface area contributed by atoms with Gasteiger partial charge in [-0.3, -0.25) is 13.9 Å². The van der Waals surface area contributed by atoms with E-state index in [0.717, 1.165) is 23.6 Å². The van der Waals surface area contributed by atoms with E-state index in [0.29, 0.717) is 42.7 Å². The number of hydrogen-bond acceptors (Lipinski definition) is 5. The lowest BCUT2D eigenvalue weighted by molar-refractivity contribution is 0.482. The molecule has 8 heteroatoms. The summed E-state index contributed by atoms with van der Waals surface area (Å²) in [4.78, 5) is 32.9.